The van der Waals surface area contributed by atoms with E-state index in [2.05, 4.69) is 0 Å². The molecule has 0 saturated heterocycles. The van der Waals surface area contributed by atoms with Crippen molar-refractivity contribution in [1.29, 1.82) is 0 Å². The summed E-state index contributed by atoms with van der Waals surface area (Å²) < 4.78 is 36.7. The zero-order chi connectivity index (χ0) is 12.8. The fraction of sp³-hybridized carbons (Fsp3) is 0.900. The van der Waals surface area contributed by atoms with Gasteiger partial charge in [0.25, 0.3) is 0 Å². The minimum atomic E-state index is -4.35. The molecule has 16 heavy (non-hydrogen) atoms. The Morgan fingerprint density at radius 1 is 1.38 bits per heavy atom. The molecule has 0 heterocycles. The third-order valence-electron chi connectivity index (χ3n) is 2.30. The van der Waals surface area contributed by atoms with Crippen LogP contribution in [0.25, 0.3) is 0 Å². The average molecular weight is 240 g/mol. The van der Waals surface area contributed by atoms with Crippen LogP contribution < -0.4 is 5.73 Å². The van der Waals surface area contributed by atoms with Crippen molar-refractivity contribution in [2.75, 3.05) is 19.6 Å². The van der Waals surface area contributed by atoms with Crippen LogP contribution in [-0.4, -0.2) is 36.6 Å². The molecule has 0 rings (SSSR count). The Morgan fingerprint density at radius 3 is 2.25 bits per heavy atom. The number of hydrogen-bond acceptors (Lipinski definition) is 2. The maximum absolute atomic E-state index is 12.2. The molecule has 0 aromatic heterocycles. The van der Waals surface area contributed by atoms with Crippen molar-refractivity contribution in [3.8, 4) is 0 Å². The molecule has 0 aliphatic rings. The number of rotatable bonds is 6. The molecular weight excluding hydrogens is 221 g/mol. The minimum Gasteiger partial charge on any atom is -0.333 e. The van der Waals surface area contributed by atoms with E-state index in [4.69, 9.17) is 5.73 Å². The van der Waals surface area contributed by atoms with Gasteiger partial charge in [-0.25, -0.2) is 0 Å². The Bertz CT molecular complexity index is 215. The number of carbonyl (C=O) groups is 1. The number of hydrogen-bond donors (Lipinski definition) is 1. The summed E-state index contributed by atoms with van der Waals surface area (Å²) in [6.07, 6.45) is -3.38. The lowest BCUT2D eigenvalue weighted by atomic mass is 10.1. The molecule has 1 atom stereocenters. The van der Waals surface area contributed by atoms with Crippen LogP contribution in [-0.2, 0) is 4.79 Å². The third kappa shape index (κ3) is 5.34. The molecule has 0 aromatic rings. The Hall–Kier alpha value is -0.780. The molecule has 1 amide bonds. The summed E-state index contributed by atoms with van der Waals surface area (Å²) in [6.45, 7) is 2.51. The molecule has 96 valence electrons. The van der Waals surface area contributed by atoms with Crippen LogP contribution in [0.1, 0.15) is 26.7 Å². The molecule has 1 unspecified atom stereocenters. The average Bonchev–Trinajstić information content (AvgIpc) is 2.17. The lowest BCUT2D eigenvalue weighted by molar-refractivity contribution is -0.163. The monoisotopic (exact) mass is 240 g/mol. The highest BCUT2D eigenvalue weighted by molar-refractivity contribution is 5.79. The van der Waals surface area contributed by atoms with E-state index < -0.39 is 24.5 Å². The lowest BCUT2D eigenvalue weighted by Crippen LogP contribution is -2.44. The van der Waals surface area contributed by atoms with Gasteiger partial charge in [0.1, 0.15) is 6.54 Å². The quantitative estimate of drug-likeness (QED) is 0.769. The molecular formula is C10H19F3N2O. The number of amides is 1. The van der Waals surface area contributed by atoms with Crippen molar-refractivity contribution in [2.24, 2.45) is 11.7 Å². The number of alkyl halides is 3. The van der Waals surface area contributed by atoms with Gasteiger partial charge in [-0.2, -0.15) is 13.2 Å². The fourth-order valence-electron chi connectivity index (χ4n) is 1.45. The zero-order valence-corrected chi connectivity index (χ0v) is 9.68. The van der Waals surface area contributed by atoms with Crippen LogP contribution in [0, 0.1) is 5.92 Å². The SMILES string of the molecule is CCCN(CC(F)(F)F)C(=O)C(CC)CN. The maximum Gasteiger partial charge on any atom is 0.406 e. The summed E-state index contributed by atoms with van der Waals surface area (Å²) in [5, 5.41) is 0. The topological polar surface area (TPSA) is 46.3 Å². The Balaban J connectivity index is 4.57. The molecule has 2 N–H and O–H groups in total. The van der Waals surface area contributed by atoms with E-state index in [9.17, 15) is 18.0 Å². The minimum absolute atomic E-state index is 0.0907. The van der Waals surface area contributed by atoms with Gasteiger partial charge in [0.15, 0.2) is 0 Å². The van der Waals surface area contributed by atoms with Gasteiger partial charge in [0.05, 0.1) is 5.92 Å². The summed E-state index contributed by atoms with van der Waals surface area (Å²) in [4.78, 5) is 12.6. The van der Waals surface area contributed by atoms with Crippen molar-refractivity contribution in [3.63, 3.8) is 0 Å². The second-order valence-electron chi connectivity index (χ2n) is 3.72. The second-order valence-corrected chi connectivity index (χ2v) is 3.72. The van der Waals surface area contributed by atoms with E-state index in [0.717, 1.165) is 4.90 Å². The highest BCUT2D eigenvalue weighted by atomic mass is 19.4. The summed E-state index contributed by atoms with van der Waals surface area (Å²) in [7, 11) is 0. The molecule has 0 spiro atoms. The van der Waals surface area contributed by atoms with Gasteiger partial charge in [0.2, 0.25) is 5.91 Å². The number of nitrogens with zero attached hydrogens (tertiary/aromatic N) is 1. The first-order valence-corrected chi connectivity index (χ1v) is 5.41. The van der Waals surface area contributed by atoms with Gasteiger partial charge in [-0.05, 0) is 12.8 Å². The molecule has 0 aliphatic carbocycles. The molecule has 0 bridgehead atoms. The molecule has 0 aromatic carbocycles. The molecule has 0 aliphatic heterocycles. The van der Waals surface area contributed by atoms with Crippen molar-refractivity contribution in [3.05, 3.63) is 0 Å². The Labute approximate surface area is 93.8 Å². The lowest BCUT2D eigenvalue weighted by Gasteiger charge is -2.26. The van der Waals surface area contributed by atoms with Crippen molar-refractivity contribution >= 4 is 5.91 Å². The zero-order valence-electron chi connectivity index (χ0n) is 9.68. The first-order valence-electron chi connectivity index (χ1n) is 5.41. The summed E-state index contributed by atoms with van der Waals surface area (Å²) in [5.74, 6) is -1.00. The molecule has 0 radical (unpaired) electrons. The van der Waals surface area contributed by atoms with Crippen molar-refractivity contribution in [2.45, 2.75) is 32.9 Å². The van der Waals surface area contributed by atoms with Crippen LogP contribution in [0.4, 0.5) is 13.2 Å². The standard InChI is InChI=1S/C10H19F3N2O/c1-3-5-15(7-10(11,12)13)9(16)8(4-2)6-14/h8H,3-7,14H2,1-2H3. The van der Waals surface area contributed by atoms with E-state index in [0.29, 0.717) is 12.8 Å². The highest BCUT2D eigenvalue weighted by Crippen LogP contribution is 2.18. The predicted molar refractivity (Wildman–Crippen MR) is 55.8 cm³/mol. The highest BCUT2D eigenvalue weighted by Gasteiger charge is 2.34. The van der Waals surface area contributed by atoms with Gasteiger partial charge in [-0.15, -0.1) is 0 Å². The molecule has 0 saturated carbocycles. The number of carbonyl (C=O) groups excluding carboxylic acids is 1. The van der Waals surface area contributed by atoms with Crippen LogP contribution in [0.2, 0.25) is 0 Å². The van der Waals surface area contributed by atoms with Gasteiger partial charge < -0.3 is 10.6 Å². The molecule has 6 heteroatoms. The largest absolute Gasteiger partial charge is 0.406 e. The Kier molecular flexibility index (Phi) is 6.40. The van der Waals surface area contributed by atoms with Crippen molar-refractivity contribution in [1.82, 2.24) is 4.90 Å². The van der Waals surface area contributed by atoms with Crippen LogP contribution in [0.3, 0.4) is 0 Å². The summed E-state index contributed by atoms with van der Waals surface area (Å²) in [5.41, 5.74) is 5.35. The first-order chi connectivity index (χ1) is 7.35. The number of nitrogens with two attached hydrogens (primary N) is 1. The predicted octanol–water partition coefficient (Wildman–Crippen LogP) is 1.77. The third-order valence-corrected chi connectivity index (χ3v) is 2.30. The van der Waals surface area contributed by atoms with Crippen LogP contribution in [0.5, 0.6) is 0 Å². The normalized spacial score (nSPS) is 13.6. The summed E-state index contributed by atoms with van der Waals surface area (Å²) in [6, 6.07) is 0. The smallest absolute Gasteiger partial charge is 0.333 e. The van der Waals surface area contributed by atoms with Crippen LogP contribution in [0.15, 0.2) is 0 Å². The summed E-state index contributed by atoms with van der Waals surface area (Å²) >= 11 is 0. The van der Waals surface area contributed by atoms with E-state index in [-0.39, 0.29) is 13.1 Å². The maximum atomic E-state index is 12.2. The van der Waals surface area contributed by atoms with Gasteiger partial charge in [-0.1, -0.05) is 13.8 Å². The second kappa shape index (κ2) is 6.73. The van der Waals surface area contributed by atoms with Gasteiger partial charge in [0, 0.05) is 13.1 Å². The Morgan fingerprint density at radius 2 is 1.94 bits per heavy atom. The van der Waals surface area contributed by atoms with Crippen molar-refractivity contribution < 1.29 is 18.0 Å². The van der Waals surface area contributed by atoms with Gasteiger partial charge >= 0.3 is 6.18 Å². The number of halogens is 3. The van der Waals surface area contributed by atoms with E-state index in [1.165, 1.54) is 0 Å². The molecule has 0 fully saturated rings. The van der Waals surface area contributed by atoms with Crippen LogP contribution >= 0.6 is 0 Å². The fourth-order valence-corrected chi connectivity index (χ4v) is 1.45. The van der Waals surface area contributed by atoms with E-state index in [1.807, 2.05) is 0 Å². The van der Waals surface area contributed by atoms with E-state index >= 15 is 0 Å². The molecule has 3 nitrogen and oxygen atoms in total. The van der Waals surface area contributed by atoms with Gasteiger partial charge in [-0.3, -0.25) is 4.79 Å². The van der Waals surface area contributed by atoms with E-state index in [1.54, 1.807) is 13.8 Å². The first kappa shape index (κ1) is 15.2.